The molecule has 7 nitrogen and oxygen atoms in total. The van der Waals surface area contributed by atoms with E-state index in [0.717, 1.165) is 5.56 Å². The van der Waals surface area contributed by atoms with E-state index in [-0.39, 0.29) is 16.7 Å². The molecule has 1 unspecified atom stereocenters. The number of halogens is 1. The molecule has 0 aliphatic rings. The van der Waals surface area contributed by atoms with Crippen molar-refractivity contribution in [1.82, 2.24) is 20.0 Å². The summed E-state index contributed by atoms with van der Waals surface area (Å²) in [6, 6.07) is 15.1. The van der Waals surface area contributed by atoms with Crippen LogP contribution in [0.4, 0.5) is 0 Å². The maximum atomic E-state index is 13.0. The van der Waals surface area contributed by atoms with Crippen molar-refractivity contribution in [3.05, 3.63) is 76.9 Å². The molecule has 0 spiro atoms. The molecule has 4 rings (SSSR count). The van der Waals surface area contributed by atoms with Crippen LogP contribution in [0.5, 0.6) is 0 Å². The average Bonchev–Trinajstić information content (AvgIpc) is 3.13. The molecule has 2 heterocycles. The maximum Gasteiger partial charge on any atom is 0.202 e. The van der Waals surface area contributed by atoms with Crippen LogP contribution in [0.15, 0.2) is 65.7 Å². The number of fused-ring (bicyclic) bond motifs is 1. The van der Waals surface area contributed by atoms with Crippen molar-refractivity contribution in [3.63, 3.8) is 0 Å². The van der Waals surface area contributed by atoms with Crippen LogP contribution in [-0.4, -0.2) is 28.4 Å². The van der Waals surface area contributed by atoms with Crippen LogP contribution >= 0.6 is 11.6 Å². The number of benzene rings is 2. The molecule has 0 bridgehead atoms. The van der Waals surface area contributed by atoms with Crippen LogP contribution < -0.4 is 5.73 Å². The summed E-state index contributed by atoms with van der Waals surface area (Å²) in [5.74, 6) is -0.210. The highest BCUT2D eigenvalue weighted by Crippen LogP contribution is 2.26. The molecule has 0 amide bonds. The van der Waals surface area contributed by atoms with E-state index < -0.39 is 9.84 Å². The fourth-order valence-corrected chi connectivity index (χ4v) is 4.60. The molecule has 9 heteroatoms. The third-order valence-corrected chi connectivity index (χ3v) is 6.53. The van der Waals surface area contributed by atoms with Crippen molar-refractivity contribution in [2.24, 2.45) is 5.73 Å². The van der Waals surface area contributed by atoms with Gasteiger partial charge < -0.3 is 5.73 Å². The summed E-state index contributed by atoms with van der Waals surface area (Å²) in [5.41, 5.74) is 8.95. The first-order chi connectivity index (χ1) is 13.8. The molecule has 2 aromatic heterocycles. The molecule has 0 aliphatic carbocycles. The van der Waals surface area contributed by atoms with E-state index in [2.05, 4.69) is 15.3 Å². The molecule has 0 radical (unpaired) electrons. The number of aromatic nitrogens is 4. The first kappa shape index (κ1) is 19.5. The van der Waals surface area contributed by atoms with Crippen molar-refractivity contribution in [1.29, 1.82) is 0 Å². The molecule has 2 aromatic carbocycles. The lowest BCUT2D eigenvalue weighted by Gasteiger charge is -2.12. The molecule has 148 valence electrons. The first-order valence-corrected chi connectivity index (χ1v) is 10.9. The van der Waals surface area contributed by atoms with Crippen LogP contribution in [0.3, 0.4) is 0 Å². The van der Waals surface area contributed by atoms with Gasteiger partial charge in [-0.3, -0.25) is 0 Å². The zero-order valence-electron chi connectivity index (χ0n) is 15.5. The molecule has 0 saturated carbocycles. The molecule has 1 atom stereocenters. The third-order valence-electron chi connectivity index (χ3n) is 4.61. The van der Waals surface area contributed by atoms with Gasteiger partial charge in [0.15, 0.2) is 9.84 Å². The summed E-state index contributed by atoms with van der Waals surface area (Å²) in [6.45, 7) is 1.85. The number of pyridine rings is 1. The zero-order chi connectivity index (χ0) is 20.6. The number of nitrogens with two attached hydrogens (primary N) is 1. The van der Waals surface area contributed by atoms with E-state index in [0.29, 0.717) is 27.4 Å². The van der Waals surface area contributed by atoms with E-state index in [4.69, 9.17) is 17.3 Å². The molecule has 0 fully saturated rings. The SMILES string of the molecule is CC(N)c1ccc(S(=O)(=O)Cc2ccc(Cl)cc2-n2nnc3ncccc32)cc1. The Hall–Kier alpha value is -2.81. The van der Waals surface area contributed by atoms with Crippen LogP contribution in [0, 0.1) is 0 Å². The van der Waals surface area contributed by atoms with Crippen molar-refractivity contribution in [3.8, 4) is 5.69 Å². The number of sulfone groups is 1. The Labute approximate surface area is 173 Å². The Kier molecular flexibility index (Phi) is 5.08. The summed E-state index contributed by atoms with van der Waals surface area (Å²) in [5, 5.41) is 8.65. The Morgan fingerprint density at radius 1 is 1.14 bits per heavy atom. The van der Waals surface area contributed by atoms with E-state index in [1.807, 2.05) is 13.0 Å². The summed E-state index contributed by atoms with van der Waals surface area (Å²) in [6.07, 6.45) is 1.62. The minimum absolute atomic E-state index is 0.163. The standard InChI is InChI=1S/C20H18ClN5O2S/c1-13(22)14-5-8-17(9-6-14)29(27,28)12-15-4-7-16(21)11-19(15)26-18-3-2-10-23-20(18)24-25-26/h2-11,13H,12,22H2,1H3. The Morgan fingerprint density at radius 3 is 2.62 bits per heavy atom. The van der Waals surface area contributed by atoms with Gasteiger partial charge in [-0.1, -0.05) is 35.0 Å². The fraction of sp³-hybridized carbons (Fsp3) is 0.150. The second-order valence-corrected chi connectivity index (χ2v) is 9.16. The predicted octanol–water partition coefficient (Wildman–Crippen LogP) is 3.46. The molecule has 0 aliphatic heterocycles. The monoisotopic (exact) mass is 427 g/mol. The number of hydrogen-bond acceptors (Lipinski definition) is 6. The van der Waals surface area contributed by atoms with Gasteiger partial charge in [-0.15, -0.1) is 5.10 Å². The maximum absolute atomic E-state index is 13.0. The van der Waals surface area contributed by atoms with E-state index in [1.54, 1.807) is 59.4 Å². The van der Waals surface area contributed by atoms with Gasteiger partial charge in [0.2, 0.25) is 5.65 Å². The third kappa shape index (κ3) is 3.87. The molecular weight excluding hydrogens is 410 g/mol. The first-order valence-electron chi connectivity index (χ1n) is 8.89. The highest BCUT2D eigenvalue weighted by Gasteiger charge is 2.20. The molecular formula is C20H18ClN5O2S. The van der Waals surface area contributed by atoms with Gasteiger partial charge in [0.1, 0.15) is 5.52 Å². The lowest BCUT2D eigenvalue weighted by atomic mass is 10.1. The van der Waals surface area contributed by atoms with Crippen molar-refractivity contribution < 1.29 is 8.42 Å². The number of nitrogens with zero attached hydrogens (tertiary/aromatic N) is 4. The predicted molar refractivity (Wildman–Crippen MR) is 112 cm³/mol. The van der Waals surface area contributed by atoms with Gasteiger partial charge in [-0.25, -0.2) is 18.1 Å². The van der Waals surface area contributed by atoms with E-state index >= 15 is 0 Å². The normalized spacial score (nSPS) is 12.9. The lowest BCUT2D eigenvalue weighted by molar-refractivity contribution is 0.595. The number of rotatable bonds is 5. The van der Waals surface area contributed by atoms with Crippen LogP contribution in [-0.2, 0) is 15.6 Å². The van der Waals surface area contributed by atoms with E-state index in [9.17, 15) is 8.42 Å². The molecule has 2 N–H and O–H groups in total. The largest absolute Gasteiger partial charge is 0.324 e. The minimum atomic E-state index is -3.60. The van der Waals surface area contributed by atoms with Crippen LogP contribution in [0.25, 0.3) is 16.9 Å². The quantitative estimate of drug-likeness (QED) is 0.523. The summed E-state index contributed by atoms with van der Waals surface area (Å²) in [4.78, 5) is 4.40. The second-order valence-electron chi connectivity index (χ2n) is 6.74. The van der Waals surface area contributed by atoms with Crippen LogP contribution in [0.2, 0.25) is 5.02 Å². The van der Waals surface area contributed by atoms with Gasteiger partial charge in [0.25, 0.3) is 0 Å². The highest BCUT2D eigenvalue weighted by atomic mass is 35.5. The lowest BCUT2D eigenvalue weighted by Crippen LogP contribution is -2.10. The van der Waals surface area contributed by atoms with Gasteiger partial charge in [-0.2, -0.15) is 0 Å². The van der Waals surface area contributed by atoms with Crippen LogP contribution in [0.1, 0.15) is 24.1 Å². The highest BCUT2D eigenvalue weighted by molar-refractivity contribution is 7.90. The van der Waals surface area contributed by atoms with Gasteiger partial charge in [-0.05, 0) is 54.4 Å². The zero-order valence-corrected chi connectivity index (χ0v) is 17.1. The number of hydrogen-bond donors (Lipinski definition) is 1. The van der Waals surface area contributed by atoms with Crippen molar-refractivity contribution >= 4 is 32.6 Å². The fourth-order valence-electron chi connectivity index (χ4n) is 3.07. The average molecular weight is 428 g/mol. The van der Waals surface area contributed by atoms with Gasteiger partial charge in [0, 0.05) is 17.3 Å². The Balaban J connectivity index is 1.76. The van der Waals surface area contributed by atoms with E-state index in [1.165, 1.54) is 0 Å². The topological polar surface area (TPSA) is 104 Å². The smallest absolute Gasteiger partial charge is 0.202 e. The second kappa shape index (κ2) is 7.55. The summed E-state index contributed by atoms with van der Waals surface area (Å²) in [7, 11) is -3.60. The summed E-state index contributed by atoms with van der Waals surface area (Å²) < 4.78 is 27.6. The molecule has 0 saturated heterocycles. The van der Waals surface area contributed by atoms with Crippen molar-refractivity contribution in [2.75, 3.05) is 0 Å². The van der Waals surface area contributed by atoms with Crippen molar-refractivity contribution in [2.45, 2.75) is 23.6 Å². The molecule has 4 aromatic rings. The van der Waals surface area contributed by atoms with Gasteiger partial charge >= 0.3 is 0 Å². The molecule has 29 heavy (non-hydrogen) atoms. The van der Waals surface area contributed by atoms with Gasteiger partial charge in [0.05, 0.1) is 16.3 Å². The Morgan fingerprint density at radius 2 is 1.90 bits per heavy atom. The Bertz CT molecular complexity index is 1280. The summed E-state index contributed by atoms with van der Waals surface area (Å²) >= 11 is 6.18. The minimum Gasteiger partial charge on any atom is -0.324 e.